The lowest BCUT2D eigenvalue weighted by molar-refractivity contribution is 0.201. The third-order valence-corrected chi connectivity index (χ3v) is 2.16. The molecule has 0 saturated heterocycles. The summed E-state index contributed by atoms with van der Waals surface area (Å²) in [7, 11) is 1.68. The summed E-state index contributed by atoms with van der Waals surface area (Å²) in [5.41, 5.74) is 0.874. The van der Waals surface area contributed by atoms with E-state index in [2.05, 4.69) is 0 Å². The number of benzene rings is 1. The van der Waals surface area contributed by atoms with Gasteiger partial charge in [0.2, 0.25) is 0 Å². The molecule has 0 aromatic heterocycles. The van der Waals surface area contributed by atoms with Crippen LogP contribution in [0.4, 0.5) is 10.1 Å². The van der Waals surface area contributed by atoms with Crippen LogP contribution in [-0.2, 0) is 6.61 Å². The Labute approximate surface area is 88.8 Å². The normalized spacial score (nSPS) is 12.6. The summed E-state index contributed by atoms with van der Waals surface area (Å²) in [6.45, 7) is 1.75. The number of aliphatic hydroxyl groups excluding tert-OH is 2. The van der Waals surface area contributed by atoms with Crippen molar-refractivity contribution >= 4 is 5.69 Å². The molecular weight excluding hydrogens is 197 g/mol. The highest BCUT2D eigenvalue weighted by molar-refractivity contribution is 5.54. The van der Waals surface area contributed by atoms with E-state index in [1.54, 1.807) is 31.0 Å². The van der Waals surface area contributed by atoms with E-state index < -0.39 is 6.10 Å². The van der Waals surface area contributed by atoms with Crippen molar-refractivity contribution in [1.29, 1.82) is 0 Å². The highest BCUT2D eigenvalue weighted by Crippen LogP contribution is 2.23. The van der Waals surface area contributed by atoms with Gasteiger partial charge < -0.3 is 15.1 Å². The number of nitrogens with zero attached hydrogens (tertiary/aromatic N) is 1. The summed E-state index contributed by atoms with van der Waals surface area (Å²) in [4.78, 5) is 1.60. The molecule has 0 heterocycles. The van der Waals surface area contributed by atoms with Crippen molar-refractivity contribution in [2.24, 2.45) is 0 Å². The second kappa shape index (κ2) is 5.09. The average molecular weight is 213 g/mol. The number of hydrogen-bond donors (Lipinski definition) is 2. The van der Waals surface area contributed by atoms with E-state index in [4.69, 9.17) is 5.11 Å². The zero-order chi connectivity index (χ0) is 11.4. The van der Waals surface area contributed by atoms with Gasteiger partial charge in [0.1, 0.15) is 5.82 Å². The predicted octanol–water partition coefficient (Wildman–Crippen LogP) is 1.14. The molecule has 84 valence electrons. The lowest BCUT2D eigenvalue weighted by Gasteiger charge is -2.23. The third-order valence-electron chi connectivity index (χ3n) is 2.16. The smallest absolute Gasteiger partial charge is 0.146 e. The molecule has 0 fully saturated rings. The van der Waals surface area contributed by atoms with Crippen LogP contribution in [-0.4, -0.2) is 29.9 Å². The molecule has 1 unspecified atom stereocenters. The van der Waals surface area contributed by atoms with Crippen LogP contribution < -0.4 is 4.90 Å². The van der Waals surface area contributed by atoms with Crippen LogP contribution in [0.1, 0.15) is 12.5 Å². The monoisotopic (exact) mass is 213 g/mol. The van der Waals surface area contributed by atoms with E-state index in [0.717, 1.165) is 0 Å². The molecule has 0 amide bonds. The van der Waals surface area contributed by atoms with Gasteiger partial charge in [0.15, 0.2) is 0 Å². The summed E-state index contributed by atoms with van der Waals surface area (Å²) < 4.78 is 13.5. The van der Waals surface area contributed by atoms with E-state index in [1.165, 1.54) is 6.07 Å². The maximum absolute atomic E-state index is 13.5. The van der Waals surface area contributed by atoms with Gasteiger partial charge in [0, 0.05) is 19.2 Å². The van der Waals surface area contributed by atoms with Crippen molar-refractivity contribution in [2.45, 2.75) is 19.6 Å². The molecule has 0 aliphatic carbocycles. The quantitative estimate of drug-likeness (QED) is 0.788. The first kappa shape index (κ1) is 11.9. The molecule has 0 bridgehead atoms. The Morgan fingerprint density at radius 2 is 2.13 bits per heavy atom. The Kier molecular flexibility index (Phi) is 4.05. The molecule has 0 spiro atoms. The summed E-state index contributed by atoms with van der Waals surface area (Å²) in [6, 6.07) is 4.56. The maximum atomic E-state index is 13.5. The van der Waals surface area contributed by atoms with Crippen LogP contribution in [0, 0.1) is 5.82 Å². The summed E-state index contributed by atoms with van der Waals surface area (Å²) >= 11 is 0. The van der Waals surface area contributed by atoms with Gasteiger partial charge in [-0.25, -0.2) is 4.39 Å². The summed E-state index contributed by atoms with van der Waals surface area (Å²) in [6.07, 6.45) is -0.541. The molecule has 1 aromatic carbocycles. The number of anilines is 1. The first-order valence-electron chi connectivity index (χ1n) is 4.83. The van der Waals surface area contributed by atoms with Crippen LogP contribution in [0.15, 0.2) is 18.2 Å². The Hall–Kier alpha value is -1.13. The molecule has 1 rings (SSSR count). The van der Waals surface area contributed by atoms with Crippen LogP contribution in [0.2, 0.25) is 0 Å². The lowest BCUT2D eigenvalue weighted by Crippen LogP contribution is -2.28. The minimum Gasteiger partial charge on any atom is -0.392 e. The average Bonchev–Trinajstić information content (AvgIpc) is 2.15. The minimum absolute atomic E-state index is 0.211. The molecule has 0 saturated carbocycles. The minimum atomic E-state index is -0.541. The Morgan fingerprint density at radius 3 is 2.67 bits per heavy atom. The number of likely N-dealkylation sites (N-methyl/N-ethyl adjacent to an activating group) is 1. The van der Waals surface area contributed by atoms with Crippen LogP contribution in [0.3, 0.4) is 0 Å². The van der Waals surface area contributed by atoms with Crippen LogP contribution >= 0.6 is 0 Å². The van der Waals surface area contributed by atoms with E-state index in [1.807, 2.05) is 0 Å². The largest absolute Gasteiger partial charge is 0.392 e. The van der Waals surface area contributed by atoms with Gasteiger partial charge in [0.05, 0.1) is 18.4 Å². The number of aliphatic hydroxyl groups is 2. The molecule has 2 N–H and O–H groups in total. The molecule has 15 heavy (non-hydrogen) atoms. The number of para-hydroxylation sites is 1. The van der Waals surface area contributed by atoms with Crippen molar-refractivity contribution < 1.29 is 14.6 Å². The first-order valence-corrected chi connectivity index (χ1v) is 4.83. The molecule has 1 aromatic rings. The van der Waals surface area contributed by atoms with Crippen molar-refractivity contribution in [2.75, 3.05) is 18.5 Å². The van der Waals surface area contributed by atoms with E-state index in [-0.39, 0.29) is 12.4 Å². The summed E-state index contributed by atoms with van der Waals surface area (Å²) in [5.74, 6) is -0.385. The Morgan fingerprint density at radius 1 is 1.47 bits per heavy atom. The molecule has 0 radical (unpaired) electrons. The third kappa shape index (κ3) is 2.91. The highest BCUT2D eigenvalue weighted by Gasteiger charge is 2.13. The SMILES string of the molecule is CC(O)CN(C)c1c(F)cccc1CO. The van der Waals surface area contributed by atoms with Crippen molar-refractivity contribution in [1.82, 2.24) is 0 Å². The Balaban J connectivity index is 3.00. The standard InChI is InChI=1S/C11H16FNO2/c1-8(15)6-13(2)11-9(7-14)4-3-5-10(11)12/h3-5,8,14-15H,6-7H2,1-2H3. The number of halogens is 1. The zero-order valence-electron chi connectivity index (χ0n) is 8.94. The lowest BCUT2D eigenvalue weighted by atomic mass is 10.1. The second-order valence-corrected chi connectivity index (χ2v) is 3.64. The molecule has 4 heteroatoms. The molecule has 1 atom stereocenters. The fourth-order valence-electron chi connectivity index (χ4n) is 1.60. The topological polar surface area (TPSA) is 43.7 Å². The molecule has 3 nitrogen and oxygen atoms in total. The molecule has 0 aliphatic rings. The van der Waals surface area contributed by atoms with Crippen molar-refractivity contribution in [3.63, 3.8) is 0 Å². The van der Waals surface area contributed by atoms with Gasteiger partial charge in [-0.2, -0.15) is 0 Å². The predicted molar refractivity (Wildman–Crippen MR) is 57.3 cm³/mol. The van der Waals surface area contributed by atoms with E-state index in [0.29, 0.717) is 17.8 Å². The highest BCUT2D eigenvalue weighted by atomic mass is 19.1. The maximum Gasteiger partial charge on any atom is 0.146 e. The Bertz CT molecular complexity index is 328. The molecule has 0 aliphatic heterocycles. The van der Waals surface area contributed by atoms with Crippen LogP contribution in [0.5, 0.6) is 0 Å². The summed E-state index contributed by atoms with van der Waals surface area (Å²) in [5, 5.41) is 18.3. The van der Waals surface area contributed by atoms with E-state index >= 15 is 0 Å². The van der Waals surface area contributed by atoms with Gasteiger partial charge in [0.25, 0.3) is 0 Å². The number of hydrogen-bond acceptors (Lipinski definition) is 3. The van der Waals surface area contributed by atoms with Gasteiger partial charge in [-0.3, -0.25) is 0 Å². The van der Waals surface area contributed by atoms with Crippen molar-refractivity contribution in [3.05, 3.63) is 29.6 Å². The van der Waals surface area contributed by atoms with Crippen LogP contribution in [0.25, 0.3) is 0 Å². The van der Waals surface area contributed by atoms with Gasteiger partial charge in [-0.1, -0.05) is 12.1 Å². The first-order chi connectivity index (χ1) is 7.06. The second-order valence-electron chi connectivity index (χ2n) is 3.64. The fourth-order valence-corrected chi connectivity index (χ4v) is 1.60. The van der Waals surface area contributed by atoms with E-state index in [9.17, 15) is 9.50 Å². The number of rotatable bonds is 4. The zero-order valence-corrected chi connectivity index (χ0v) is 8.94. The van der Waals surface area contributed by atoms with Crippen molar-refractivity contribution in [3.8, 4) is 0 Å². The van der Waals surface area contributed by atoms with Gasteiger partial charge >= 0.3 is 0 Å². The fraction of sp³-hybridized carbons (Fsp3) is 0.455. The van der Waals surface area contributed by atoms with Gasteiger partial charge in [-0.15, -0.1) is 0 Å². The molecular formula is C11H16FNO2. The van der Waals surface area contributed by atoms with Gasteiger partial charge in [-0.05, 0) is 13.0 Å².